The summed E-state index contributed by atoms with van der Waals surface area (Å²) in [6, 6.07) is 16.5. The van der Waals surface area contributed by atoms with Gasteiger partial charge in [-0.05, 0) is 12.1 Å². The monoisotopic (exact) mass is 297 g/mol. The van der Waals surface area contributed by atoms with Gasteiger partial charge in [-0.15, -0.1) is 0 Å². The van der Waals surface area contributed by atoms with Gasteiger partial charge in [-0.25, -0.2) is 0 Å². The largest absolute Gasteiger partial charge is 0.503 e. The van der Waals surface area contributed by atoms with E-state index in [0.29, 0.717) is 11.1 Å². The third-order valence-electron chi connectivity index (χ3n) is 2.95. The van der Waals surface area contributed by atoms with Crippen LogP contribution in [0.2, 0.25) is 0 Å². The number of hydrogen-bond acceptors (Lipinski definition) is 2. The second kappa shape index (κ2) is 8.67. The van der Waals surface area contributed by atoms with Gasteiger partial charge in [-0.1, -0.05) is 70.2 Å². The van der Waals surface area contributed by atoms with Crippen molar-refractivity contribution in [3.05, 3.63) is 64.8 Å². The average Bonchev–Trinajstić information content (AvgIpc) is 2.62. The highest BCUT2D eigenvalue weighted by Gasteiger charge is 2.11. The van der Waals surface area contributed by atoms with E-state index < -0.39 is 0 Å². The maximum absolute atomic E-state index is 12.1. The fourth-order valence-electron chi connectivity index (χ4n) is 2.04. The van der Waals surface area contributed by atoms with Crippen molar-refractivity contribution in [1.82, 2.24) is 4.98 Å². The van der Waals surface area contributed by atoms with Gasteiger partial charge in [-0.3, -0.25) is 4.79 Å². The second-order valence-electron chi connectivity index (χ2n) is 4.09. The summed E-state index contributed by atoms with van der Waals surface area (Å²) in [4.78, 5) is 15.2. The normalized spacial score (nSPS) is 9.27. The summed E-state index contributed by atoms with van der Waals surface area (Å²) in [5, 5.41) is 10.5. The number of hydrogen-bond donors (Lipinski definition) is 2. The number of para-hydroxylation sites is 1. The quantitative estimate of drug-likeness (QED) is 0.667. The van der Waals surface area contributed by atoms with Crippen molar-refractivity contribution in [3.8, 4) is 17.0 Å². The Morgan fingerprint density at radius 2 is 1.36 bits per heavy atom. The molecule has 0 saturated heterocycles. The first kappa shape index (κ1) is 17.5. The topological polar surface area (TPSA) is 53.1 Å². The molecule has 3 aromatic rings. The number of benzene rings is 2. The van der Waals surface area contributed by atoms with Crippen LogP contribution in [0.25, 0.3) is 22.2 Å². The minimum absolute atomic E-state index is 0.236. The molecule has 0 bridgehead atoms. The van der Waals surface area contributed by atoms with E-state index >= 15 is 0 Å². The molecule has 116 valence electrons. The van der Waals surface area contributed by atoms with Gasteiger partial charge in [0.05, 0.1) is 5.69 Å². The van der Waals surface area contributed by atoms with E-state index in [0.717, 1.165) is 11.1 Å². The van der Waals surface area contributed by atoms with Crippen LogP contribution in [0.15, 0.2) is 59.4 Å². The van der Waals surface area contributed by atoms with Crippen LogP contribution in [0.4, 0.5) is 0 Å². The van der Waals surface area contributed by atoms with E-state index in [2.05, 4.69) is 4.98 Å². The molecule has 0 aliphatic heterocycles. The zero-order valence-corrected chi connectivity index (χ0v) is 13.6. The van der Waals surface area contributed by atoms with E-state index in [1.807, 2.05) is 70.2 Å². The van der Waals surface area contributed by atoms with Gasteiger partial charge in [0.1, 0.15) is 0 Å². The number of H-pyrrole nitrogens is 1. The van der Waals surface area contributed by atoms with Gasteiger partial charge in [-0.2, -0.15) is 0 Å². The summed E-state index contributed by atoms with van der Waals surface area (Å²) in [7, 11) is 0. The van der Waals surface area contributed by atoms with Crippen molar-refractivity contribution in [2.24, 2.45) is 0 Å². The molecule has 1 heterocycles. The van der Waals surface area contributed by atoms with Crippen molar-refractivity contribution in [2.75, 3.05) is 0 Å². The van der Waals surface area contributed by atoms with Crippen LogP contribution >= 0.6 is 0 Å². The minimum atomic E-state index is -0.344. The van der Waals surface area contributed by atoms with Crippen molar-refractivity contribution in [1.29, 1.82) is 0 Å². The molecule has 3 heteroatoms. The zero-order chi connectivity index (χ0) is 16.5. The lowest BCUT2D eigenvalue weighted by Gasteiger charge is -2.07. The Hall–Kier alpha value is -2.55. The molecule has 0 amide bonds. The highest BCUT2D eigenvalue weighted by Crippen LogP contribution is 2.25. The summed E-state index contributed by atoms with van der Waals surface area (Å²) in [6.07, 6.45) is 0. The van der Waals surface area contributed by atoms with E-state index in [1.54, 1.807) is 12.1 Å². The Labute approximate surface area is 131 Å². The van der Waals surface area contributed by atoms with Crippen LogP contribution in [0, 0.1) is 0 Å². The van der Waals surface area contributed by atoms with E-state index in [4.69, 9.17) is 0 Å². The van der Waals surface area contributed by atoms with Gasteiger partial charge in [0.15, 0.2) is 5.75 Å². The summed E-state index contributed by atoms with van der Waals surface area (Å²) in [5.74, 6) is -0.236. The average molecular weight is 297 g/mol. The van der Waals surface area contributed by atoms with Crippen molar-refractivity contribution >= 4 is 10.9 Å². The number of aromatic amines is 1. The molecule has 0 saturated carbocycles. The molecule has 0 spiro atoms. The van der Waals surface area contributed by atoms with Crippen molar-refractivity contribution in [3.63, 3.8) is 0 Å². The fraction of sp³-hybridized carbons (Fsp3) is 0.211. The molecule has 0 aliphatic rings. The zero-order valence-electron chi connectivity index (χ0n) is 13.6. The van der Waals surface area contributed by atoms with E-state index in [-0.39, 0.29) is 11.2 Å². The first-order chi connectivity index (χ1) is 10.8. The van der Waals surface area contributed by atoms with Gasteiger partial charge >= 0.3 is 0 Å². The second-order valence-corrected chi connectivity index (χ2v) is 4.09. The molecule has 0 atom stereocenters. The number of rotatable bonds is 1. The first-order valence-electron chi connectivity index (χ1n) is 7.67. The summed E-state index contributed by atoms with van der Waals surface area (Å²) >= 11 is 0. The summed E-state index contributed by atoms with van der Waals surface area (Å²) in [6.45, 7) is 8.00. The van der Waals surface area contributed by atoms with E-state index in [1.165, 1.54) is 0 Å². The minimum Gasteiger partial charge on any atom is -0.503 e. The maximum Gasteiger partial charge on any atom is 0.231 e. The smallest absolute Gasteiger partial charge is 0.231 e. The standard InChI is InChI=1S/C15H11NO2.2C2H6/c17-14-11-8-4-5-9-12(11)16-13(15(14)18)10-6-2-1-3-7-10;2*1-2/h1-9,18H,(H,16,17);2*1-2H3. The van der Waals surface area contributed by atoms with Crippen molar-refractivity contribution in [2.45, 2.75) is 27.7 Å². The summed E-state index contributed by atoms with van der Waals surface area (Å²) in [5.41, 5.74) is 1.62. The number of pyridine rings is 1. The van der Waals surface area contributed by atoms with E-state index in [9.17, 15) is 9.90 Å². The van der Waals surface area contributed by atoms with Crippen LogP contribution in [0.3, 0.4) is 0 Å². The molecule has 0 fully saturated rings. The molecule has 3 rings (SSSR count). The number of aromatic nitrogens is 1. The Morgan fingerprint density at radius 3 is 2.00 bits per heavy atom. The third-order valence-corrected chi connectivity index (χ3v) is 2.95. The predicted octanol–water partition coefficient (Wildman–Crippen LogP) is 4.95. The number of nitrogens with one attached hydrogen (secondary N) is 1. The molecule has 3 nitrogen and oxygen atoms in total. The Bertz CT molecular complexity index is 761. The van der Waals surface area contributed by atoms with Crippen LogP contribution in [-0.2, 0) is 0 Å². The lowest BCUT2D eigenvalue weighted by molar-refractivity contribution is 0.471. The number of fused-ring (bicyclic) bond motifs is 1. The van der Waals surface area contributed by atoms with Gasteiger partial charge in [0.2, 0.25) is 5.43 Å². The molecule has 2 aromatic carbocycles. The third kappa shape index (κ3) is 3.55. The predicted molar refractivity (Wildman–Crippen MR) is 94.4 cm³/mol. The van der Waals surface area contributed by atoms with Crippen LogP contribution in [-0.4, -0.2) is 10.1 Å². The molecular weight excluding hydrogens is 274 g/mol. The lowest BCUT2D eigenvalue weighted by Crippen LogP contribution is -2.04. The van der Waals surface area contributed by atoms with Crippen LogP contribution < -0.4 is 5.43 Å². The Kier molecular flexibility index (Phi) is 6.90. The molecule has 0 unspecified atom stereocenters. The SMILES string of the molecule is CC.CC.O=c1c(O)c(-c2ccccc2)[nH]c2ccccc12. The fourth-order valence-corrected chi connectivity index (χ4v) is 2.04. The Morgan fingerprint density at radius 1 is 0.818 bits per heavy atom. The maximum atomic E-state index is 12.1. The van der Waals surface area contributed by atoms with Crippen molar-refractivity contribution < 1.29 is 5.11 Å². The highest BCUT2D eigenvalue weighted by molar-refractivity contribution is 5.84. The van der Waals surface area contributed by atoms with Gasteiger partial charge in [0, 0.05) is 16.5 Å². The van der Waals surface area contributed by atoms with Gasteiger partial charge < -0.3 is 10.1 Å². The Balaban J connectivity index is 0.000000561. The lowest BCUT2D eigenvalue weighted by atomic mass is 10.1. The molecule has 22 heavy (non-hydrogen) atoms. The first-order valence-corrected chi connectivity index (χ1v) is 7.67. The molecular formula is C19H23NO2. The van der Waals surface area contributed by atoms with Gasteiger partial charge in [0.25, 0.3) is 0 Å². The van der Waals surface area contributed by atoms with Crippen LogP contribution in [0.5, 0.6) is 5.75 Å². The molecule has 2 N–H and O–H groups in total. The van der Waals surface area contributed by atoms with Crippen LogP contribution in [0.1, 0.15) is 27.7 Å². The number of aromatic hydroxyl groups is 1. The summed E-state index contributed by atoms with van der Waals surface area (Å²) < 4.78 is 0. The highest BCUT2D eigenvalue weighted by atomic mass is 16.3. The molecule has 0 aliphatic carbocycles. The molecule has 0 radical (unpaired) electrons. The molecule has 1 aromatic heterocycles.